The van der Waals surface area contributed by atoms with Crippen molar-refractivity contribution < 1.29 is 53.0 Å². The van der Waals surface area contributed by atoms with Gasteiger partial charge in [0.25, 0.3) is 0 Å². The summed E-state index contributed by atoms with van der Waals surface area (Å²) in [7, 11) is 4.18. The maximum atomic E-state index is 13.6. The van der Waals surface area contributed by atoms with E-state index in [0.717, 1.165) is 0 Å². The molecular formula is C34H36O11. The van der Waals surface area contributed by atoms with Crippen LogP contribution < -0.4 is 23.7 Å². The molecule has 238 valence electrons. The predicted octanol–water partition coefficient (Wildman–Crippen LogP) is 5.66. The number of aliphatic hydroxyl groups is 1. The number of benzene rings is 3. The lowest BCUT2D eigenvalue weighted by Gasteiger charge is -2.43. The molecular weight excluding hydrogens is 584 g/mol. The first-order chi connectivity index (χ1) is 21.5. The summed E-state index contributed by atoms with van der Waals surface area (Å²) in [6.07, 6.45) is -1.02. The fraction of sp³-hybridized carbons (Fsp3) is 0.353. The van der Waals surface area contributed by atoms with Gasteiger partial charge in [0.15, 0.2) is 29.1 Å². The number of esters is 2. The highest BCUT2D eigenvalue weighted by atomic mass is 16.7. The molecule has 1 aliphatic heterocycles. The van der Waals surface area contributed by atoms with Crippen LogP contribution in [0.3, 0.4) is 0 Å². The summed E-state index contributed by atoms with van der Waals surface area (Å²) in [6, 6.07) is 11.6. The van der Waals surface area contributed by atoms with Crippen LogP contribution in [0.25, 0.3) is 11.1 Å². The Bertz CT molecular complexity index is 1660. The molecule has 3 aromatic carbocycles. The van der Waals surface area contributed by atoms with Gasteiger partial charge in [-0.3, -0.25) is 0 Å². The van der Waals surface area contributed by atoms with Crippen molar-refractivity contribution in [2.24, 2.45) is 5.92 Å². The second-order valence-electron chi connectivity index (χ2n) is 11.0. The van der Waals surface area contributed by atoms with E-state index in [1.54, 1.807) is 63.2 Å². The summed E-state index contributed by atoms with van der Waals surface area (Å²) < 4.78 is 40.7. The third-order valence-electron chi connectivity index (χ3n) is 8.50. The number of rotatable bonds is 7. The van der Waals surface area contributed by atoms with E-state index < -0.39 is 41.4 Å². The van der Waals surface area contributed by atoms with Gasteiger partial charge < -0.3 is 43.4 Å². The Morgan fingerprint density at radius 3 is 2.27 bits per heavy atom. The zero-order valence-electron chi connectivity index (χ0n) is 26.1. The van der Waals surface area contributed by atoms with E-state index in [1.165, 1.54) is 34.3 Å². The monoisotopic (exact) mass is 620 g/mol. The number of phenols is 1. The maximum absolute atomic E-state index is 13.6. The van der Waals surface area contributed by atoms with Crippen molar-refractivity contribution in [1.82, 2.24) is 0 Å². The third kappa shape index (κ3) is 5.27. The third-order valence-corrected chi connectivity index (χ3v) is 8.50. The van der Waals surface area contributed by atoms with Gasteiger partial charge in [-0.15, -0.1) is 0 Å². The first kappa shape index (κ1) is 31.5. The largest absolute Gasteiger partial charge is 0.504 e. The van der Waals surface area contributed by atoms with Crippen molar-refractivity contribution in [2.75, 3.05) is 28.1 Å². The van der Waals surface area contributed by atoms with Crippen LogP contribution in [-0.2, 0) is 14.3 Å². The minimum absolute atomic E-state index is 0.0253. The van der Waals surface area contributed by atoms with Crippen LogP contribution in [0.5, 0.6) is 34.5 Å². The van der Waals surface area contributed by atoms with Crippen molar-refractivity contribution in [3.05, 3.63) is 70.8 Å². The molecule has 45 heavy (non-hydrogen) atoms. The minimum atomic E-state index is -1.91. The minimum Gasteiger partial charge on any atom is -0.504 e. The molecule has 2 aliphatic rings. The number of aromatic hydroxyl groups is 1. The Balaban J connectivity index is 1.90. The average molecular weight is 621 g/mol. The van der Waals surface area contributed by atoms with E-state index in [4.69, 9.17) is 33.2 Å². The van der Waals surface area contributed by atoms with Gasteiger partial charge in [0.05, 0.1) is 26.9 Å². The fourth-order valence-electron chi connectivity index (χ4n) is 5.73. The van der Waals surface area contributed by atoms with Crippen molar-refractivity contribution in [3.8, 4) is 45.6 Å². The van der Waals surface area contributed by atoms with Crippen LogP contribution in [0.4, 0.5) is 0 Å². The number of fused-ring (bicyclic) bond motifs is 4. The molecule has 0 bridgehead atoms. The topological polar surface area (TPSA) is 139 Å². The van der Waals surface area contributed by atoms with E-state index in [2.05, 4.69) is 0 Å². The van der Waals surface area contributed by atoms with E-state index in [0.29, 0.717) is 16.9 Å². The van der Waals surface area contributed by atoms with E-state index in [9.17, 15) is 19.8 Å². The van der Waals surface area contributed by atoms with Gasteiger partial charge in [0.2, 0.25) is 18.3 Å². The number of ether oxygens (including phenoxy) is 7. The first-order valence-corrected chi connectivity index (χ1v) is 14.3. The molecule has 1 aliphatic carbocycles. The van der Waals surface area contributed by atoms with Crippen LogP contribution in [0.15, 0.2) is 54.1 Å². The van der Waals surface area contributed by atoms with Crippen LogP contribution in [0, 0.1) is 5.92 Å². The summed E-state index contributed by atoms with van der Waals surface area (Å²) >= 11 is 0. The smallest absolute Gasteiger partial charge is 0.338 e. The molecule has 11 nitrogen and oxygen atoms in total. The van der Waals surface area contributed by atoms with Crippen LogP contribution in [0.1, 0.15) is 61.4 Å². The molecule has 0 fully saturated rings. The highest BCUT2D eigenvalue weighted by Gasteiger charge is 2.51. The second-order valence-corrected chi connectivity index (χ2v) is 11.0. The van der Waals surface area contributed by atoms with Crippen LogP contribution in [-0.4, -0.2) is 55.9 Å². The summed E-state index contributed by atoms with van der Waals surface area (Å²) in [5.41, 5.74) is -0.471. The first-order valence-electron chi connectivity index (χ1n) is 14.3. The van der Waals surface area contributed by atoms with E-state index in [-0.39, 0.29) is 52.0 Å². The maximum Gasteiger partial charge on any atom is 0.338 e. The number of methoxy groups -OCH3 is 3. The number of carbonyl (C=O) groups is 2. The lowest BCUT2D eigenvalue weighted by molar-refractivity contribution is -0.174. The van der Waals surface area contributed by atoms with Gasteiger partial charge in [-0.2, -0.15) is 0 Å². The molecule has 0 saturated heterocycles. The number of hydrogen-bond donors (Lipinski definition) is 2. The van der Waals surface area contributed by atoms with Crippen molar-refractivity contribution >= 4 is 11.9 Å². The molecule has 0 radical (unpaired) electrons. The van der Waals surface area contributed by atoms with Crippen molar-refractivity contribution in [2.45, 2.75) is 45.5 Å². The lowest BCUT2D eigenvalue weighted by atomic mass is 9.71. The van der Waals surface area contributed by atoms with Gasteiger partial charge in [-0.25, -0.2) is 9.59 Å². The number of hydrogen-bond acceptors (Lipinski definition) is 11. The lowest BCUT2D eigenvalue weighted by Crippen LogP contribution is -2.46. The molecule has 0 unspecified atom stereocenters. The van der Waals surface area contributed by atoms with E-state index >= 15 is 0 Å². The van der Waals surface area contributed by atoms with Gasteiger partial charge in [-0.1, -0.05) is 31.2 Å². The zero-order chi connectivity index (χ0) is 32.6. The Morgan fingerprint density at radius 2 is 1.64 bits per heavy atom. The number of phenolic OH excluding ortho intramolecular Hbond substituents is 1. The van der Waals surface area contributed by atoms with Gasteiger partial charge in [-0.05, 0) is 45.0 Å². The Hall–Kier alpha value is -4.90. The molecule has 0 amide bonds. The standard InChI is InChI=1S/C34H36O11/c1-8-17(2)32(36)45-31-21-15-22(39-5)28(40-6)26(35)24(21)25-20(14-23-29(30(25)41-7)43-16-42-23)27(18(3)34(31,4)38)44-33(37)19-12-10-9-11-13-19/h8-15,18,27,31,35,38H,16H2,1-7H3/b17-8-/t18-,27+,31+,34-/m0/s1. The highest BCUT2D eigenvalue weighted by Crippen LogP contribution is 2.61. The summed E-state index contributed by atoms with van der Waals surface area (Å²) in [6.45, 7) is 6.32. The Labute approximate surface area is 260 Å². The Kier molecular flexibility index (Phi) is 8.57. The molecule has 4 atom stereocenters. The average Bonchev–Trinajstić information content (AvgIpc) is 3.52. The van der Waals surface area contributed by atoms with Gasteiger partial charge in [0, 0.05) is 33.7 Å². The van der Waals surface area contributed by atoms with Gasteiger partial charge >= 0.3 is 11.9 Å². The Morgan fingerprint density at radius 1 is 0.956 bits per heavy atom. The predicted molar refractivity (Wildman–Crippen MR) is 162 cm³/mol. The summed E-state index contributed by atoms with van der Waals surface area (Å²) in [5, 5.41) is 24.3. The van der Waals surface area contributed by atoms with Gasteiger partial charge in [0.1, 0.15) is 11.7 Å². The SMILES string of the molecule is C/C=C(/C)C(=O)O[C@@H]1c2cc(OC)c(OC)c(O)c2-c2c(cc3c(c2OC)OCO3)[C@H](OC(=O)c2ccccc2)[C@H](C)[C@]1(C)O. The summed E-state index contributed by atoms with van der Waals surface area (Å²) in [4.78, 5) is 26.9. The van der Waals surface area contributed by atoms with Crippen LogP contribution in [0.2, 0.25) is 0 Å². The molecule has 3 aromatic rings. The molecule has 2 N–H and O–H groups in total. The van der Waals surface area contributed by atoms with E-state index in [1.807, 2.05) is 0 Å². The molecule has 0 aromatic heterocycles. The molecule has 5 rings (SSSR count). The van der Waals surface area contributed by atoms with Crippen molar-refractivity contribution in [3.63, 3.8) is 0 Å². The zero-order valence-corrected chi connectivity index (χ0v) is 26.1. The molecule has 1 heterocycles. The molecule has 0 saturated carbocycles. The normalized spacial score (nSPS) is 21.9. The molecule has 11 heteroatoms. The summed E-state index contributed by atoms with van der Waals surface area (Å²) in [5.74, 6) is -1.87. The number of carbonyl (C=O) groups excluding carboxylic acids is 2. The van der Waals surface area contributed by atoms with Crippen LogP contribution >= 0.6 is 0 Å². The number of allylic oxidation sites excluding steroid dienone is 1. The second kappa shape index (κ2) is 12.2. The molecule has 0 spiro atoms. The quantitative estimate of drug-likeness (QED) is 0.250. The highest BCUT2D eigenvalue weighted by molar-refractivity contribution is 5.92. The van der Waals surface area contributed by atoms with Crippen molar-refractivity contribution in [1.29, 1.82) is 0 Å². The fourth-order valence-corrected chi connectivity index (χ4v) is 5.73.